The van der Waals surface area contributed by atoms with E-state index in [9.17, 15) is 0 Å². The van der Waals surface area contributed by atoms with Crippen molar-refractivity contribution in [3.8, 4) is 10.8 Å². The molecule has 0 bridgehead atoms. The second kappa shape index (κ2) is 5.80. The van der Waals surface area contributed by atoms with Gasteiger partial charge in [-0.25, -0.2) is 4.98 Å². The van der Waals surface area contributed by atoms with E-state index >= 15 is 0 Å². The minimum atomic E-state index is 0.290. The van der Waals surface area contributed by atoms with Crippen molar-refractivity contribution in [3.63, 3.8) is 0 Å². The van der Waals surface area contributed by atoms with Gasteiger partial charge in [0.15, 0.2) is 15.4 Å². The van der Waals surface area contributed by atoms with Gasteiger partial charge in [0.1, 0.15) is 0 Å². The van der Waals surface area contributed by atoms with E-state index in [1.807, 2.05) is 12.1 Å². The molecule has 1 atom stereocenters. The zero-order valence-corrected chi connectivity index (χ0v) is 12.3. The van der Waals surface area contributed by atoms with Gasteiger partial charge in [0.2, 0.25) is 0 Å². The number of thiazole rings is 1. The normalized spacial score (nSPS) is 12.9. The topological polar surface area (TPSA) is 38.1 Å². The number of aromatic nitrogens is 1. The SMILES string of the molecule is CCCNC(C)c1csc(-c2ccc(Br)o2)n1. The summed E-state index contributed by atoms with van der Waals surface area (Å²) in [5, 5.41) is 6.43. The van der Waals surface area contributed by atoms with E-state index in [2.05, 4.69) is 45.5 Å². The average molecular weight is 315 g/mol. The highest BCUT2D eigenvalue weighted by molar-refractivity contribution is 9.10. The number of nitrogens with one attached hydrogen (secondary N) is 1. The molecule has 1 N–H and O–H groups in total. The molecule has 3 nitrogen and oxygen atoms in total. The molecular formula is C12H15BrN2OS. The Balaban J connectivity index is 2.10. The fourth-order valence-electron chi connectivity index (χ4n) is 1.49. The van der Waals surface area contributed by atoms with Crippen molar-refractivity contribution in [2.75, 3.05) is 6.54 Å². The summed E-state index contributed by atoms with van der Waals surface area (Å²) in [6.07, 6.45) is 1.13. The van der Waals surface area contributed by atoms with Crippen molar-refractivity contribution in [2.24, 2.45) is 0 Å². The molecule has 5 heteroatoms. The fourth-order valence-corrected chi connectivity index (χ4v) is 2.67. The van der Waals surface area contributed by atoms with Gasteiger partial charge < -0.3 is 9.73 Å². The average Bonchev–Trinajstić information content (AvgIpc) is 2.93. The van der Waals surface area contributed by atoms with Crippen LogP contribution >= 0.6 is 27.3 Å². The van der Waals surface area contributed by atoms with Crippen molar-refractivity contribution < 1.29 is 4.42 Å². The van der Waals surface area contributed by atoms with Crippen LogP contribution in [0.1, 0.15) is 32.0 Å². The van der Waals surface area contributed by atoms with Gasteiger partial charge in [-0.1, -0.05) is 6.92 Å². The molecule has 0 spiro atoms. The second-order valence-corrected chi connectivity index (χ2v) is 5.50. The van der Waals surface area contributed by atoms with Crippen LogP contribution in [0.3, 0.4) is 0 Å². The molecule has 17 heavy (non-hydrogen) atoms. The molecule has 2 rings (SSSR count). The second-order valence-electron chi connectivity index (χ2n) is 3.86. The summed E-state index contributed by atoms with van der Waals surface area (Å²) in [4.78, 5) is 4.59. The first-order chi connectivity index (χ1) is 8.20. The van der Waals surface area contributed by atoms with Gasteiger partial charge in [-0.05, 0) is 48.0 Å². The zero-order valence-electron chi connectivity index (χ0n) is 9.87. The lowest BCUT2D eigenvalue weighted by molar-refractivity contribution is 0.550. The van der Waals surface area contributed by atoms with Crippen molar-refractivity contribution in [3.05, 3.63) is 27.9 Å². The van der Waals surface area contributed by atoms with Gasteiger partial charge in [0.05, 0.1) is 5.69 Å². The third-order valence-electron chi connectivity index (χ3n) is 2.45. The van der Waals surface area contributed by atoms with Crippen LogP contribution in [0.2, 0.25) is 0 Å². The predicted molar refractivity (Wildman–Crippen MR) is 74.2 cm³/mol. The van der Waals surface area contributed by atoms with Crippen LogP contribution in [0, 0.1) is 0 Å². The molecule has 2 aromatic rings. The molecule has 0 fully saturated rings. The lowest BCUT2D eigenvalue weighted by atomic mass is 10.2. The summed E-state index contributed by atoms with van der Waals surface area (Å²) in [6.45, 7) is 5.31. The number of furan rings is 1. The molecule has 0 saturated carbocycles. The van der Waals surface area contributed by atoms with Crippen LogP contribution in [0.15, 0.2) is 26.6 Å². The van der Waals surface area contributed by atoms with E-state index in [1.54, 1.807) is 11.3 Å². The van der Waals surface area contributed by atoms with E-state index in [4.69, 9.17) is 4.42 Å². The van der Waals surface area contributed by atoms with E-state index in [0.717, 1.165) is 34.1 Å². The molecule has 0 amide bonds. The Morgan fingerprint density at radius 2 is 2.35 bits per heavy atom. The van der Waals surface area contributed by atoms with Crippen molar-refractivity contribution >= 4 is 27.3 Å². The molecule has 0 radical (unpaired) electrons. The smallest absolute Gasteiger partial charge is 0.170 e. The Morgan fingerprint density at radius 1 is 1.53 bits per heavy atom. The summed E-state index contributed by atoms with van der Waals surface area (Å²) in [7, 11) is 0. The molecule has 2 heterocycles. The third-order valence-corrected chi connectivity index (χ3v) is 3.75. The summed E-state index contributed by atoms with van der Waals surface area (Å²) in [6, 6.07) is 4.10. The Hall–Kier alpha value is -0.650. The highest BCUT2D eigenvalue weighted by Crippen LogP contribution is 2.29. The van der Waals surface area contributed by atoms with Gasteiger partial charge in [0, 0.05) is 11.4 Å². The molecule has 1 unspecified atom stereocenters. The summed E-state index contributed by atoms with van der Waals surface area (Å²) >= 11 is 4.91. The van der Waals surface area contributed by atoms with Crippen LogP contribution in [0.25, 0.3) is 10.8 Å². The number of hydrogen-bond acceptors (Lipinski definition) is 4. The van der Waals surface area contributed by atoms with Gasteiger partial charge in [-0.2, -0.15) is 0 Å². The van der Waals surface area contributed by atoms with E-state index in [-0.39, 0.29) is 0 Å². The van der Waals surface area contributed by atoms with Gasteiger partial charge >= 0.3 is 0 Å². The largest absolute Gasteiger partial charge is 0.447 e. The molecule has 92 valence electrons. The van der Waals surface area contributed by atoms with Gasteiger partial charge in [-0.3, -0.25) is 0 Å². The van der Waals surface area contributed by atoms with Crippen LogP contribution in [0.5, 0.6) is 0 Å². The maximum atomic E-state index is 5.49. The summed E-state index contributed by atoms with van der Waals surface area (Å²) < 4.78 is 6.23. The van der Waals surface area contributed by atoms with E-state index in [0.29, 0.717) is 6.04 Å². The van der Waals surface area contributed by atoms with Crippen molar-refractivity contribution in [2.45, 2.75) is 26.3 Å². The highest BCUT2D eigenvalue weighted by Gasteiger charge is 2.12. The first-order valence-corrected chi connectivity index (χ1v) is 7.32. The molecule has 0 aromatic carbocycles. The standard InChI is InChI=1S/C12H15BrN2OS/c1-3-6-14-8(2)9-7-17-12(15-9)10-4-5-11(13)16-10/h4-5,7-8,14H,3,6H2,1-2H3. The Kier molecular flexibility index (Phi) is 4.36. The maximum absolute atomic E-state index is 5.49. The van der Waals surface area contributed by atoms with Gasteiger partial charge in [-0.15, -0.1) is 11.3 Å². The Labute approximate surface area is 113 Å². The molecular weight excluding hydrogens is 300 g/mol. The first-order valence-electron chi connectivity index (χ1n) is 5.65. The summed E-state index contributed by atoms with van der Waals surface area (Å²) in [5.41, 5.74) is 1.07. The molecule has 0 saturated heterocycles. The number of rotatable bonds is 5. The van der Waals surface area contributed by atoms with Crippen molar-refractivity contribution in [1.82, 2.24) is 10.3 Å². The molecule has 2 aromatic heterocycles. The minimum absolute atomic E-state index is 0.290. The highest BCUT2D eigenvalue weighted by atomic mass is 79.9. The molecule has 0 aliphatic carbocycles. The van der Waals surface area contributed by atoms with E-state index < -0.39 is 0 Å². The van der Waals surface area contributed by atoms with Crippen LogP contribution in [-0.4, -0.2) is 11.5 Å². The zero-order chi connectivity index (χ0) is 12.3. The Bertz CT molecular complexity index is 480. The monoisotopic (exact) mass is 314 g/mol. The Morgan fingerprint density at radius 3 is 3.00 bits per heavy atom. The molecule has 0 aliphatic heterocycles. The number of nitrogens with zero attached hydrogens (tertiary/aromatic N) is 1. The third kappa shape index (κ3) is 3.18. The quantitative estimate of drug-likeness (QED) is 0.897. The van der Waals surface area contributed by atoms with Crippen LogP contribution < -0.4 is 5.32 Å². The molecule has 0 aliphatic rings. The van der Waals surface area contributed by atoms with E-state index in [1.165, 1.54) is 0 Å². The minimum Gasteiger partial charge on any atom is -0.447 e. The van der Waals surface area contributed by atoms with Gasteiger partial charge in [0.25, 0.3) is 0 Å². The number of halogens is 1. The van der Waals surface area contributed by atoms with Crippen molar-refractivity contribution in [1.29, 1.82) is 0 Å². The lowest BCUT2D eigenvalue weighted by Gasteiger charge is -2.09. The predicted octanol–water partition coefficient (Wildman–Crippen LogP) is 4.23. The first kappa shape index (κ1) is 12.8. The van der Waals surface area contributed by atoms with Crippen LogP contribution in [-0.2, 0) is 0 Å². The maximum Gasteiger partial charge on any atom is 0.170 e. The summed E-state index contributed by atoms with van der Waals surface area (Å²) in [5.74, 6) is 0.816. The number of hydrogen-bond donors (Lipinski definition) is 1. The van der Waals surface area contributed by atoms with Crippen LogP contribution in [0.4, 0.5) is 0 Å². The lowest BCUT2D eigenvalue weighted by Crippen LogP contribution is -2.19. The fraction of sp³-hybridized carbons (Fsp3) is 0.417.